The first kappa shape index (κ1) is 15.5. The molecule has 1 atom stereocenters. The molecule has 0 spiro atoms. The predicted octanol–water partition coefficient (Wildman–Crippen LogP) is 4.13. The van der Waals surface area contributed by atoms with E-state index in [4.69, 9.17) is 5.73 Å². The summed E-state index contributed by atoms with van der Waals surface area (Å²) < 4.78 is 50.4. The Labute approximate surface area is 120 Å². The fourth-order valence-electron chi connectivity index (χ4n) is 2.19. The van der Waals surface area contributed by atoms with E-state index in [-0.39, 0.29) is 11.7 Å². The van der Waals surface area contributed by atoms with Crippen LogP contribution in [0.5, 0.6) is 0 Å². The minimum Gasteiger partial charge on any atom is -0.330 e. The number of hydrogen-bond acceptors (Lipinski definition) is 1. The van der Waals surface area contributed by atoms with Crippen molar-refractivity contribution in [3.05, 3.63) is 71.0 Å². The maximum absolute atomic E-state index is 12.9. The molecule has 0 fully saturated rings. The first-order valence-electron chi connectivity index (χ1n) is 6.52. The van der Waals surface area contributed by atoms with Gasteiger partial charge in [0, 0.05) is 5.92 Å². The van der Waals surface area contributed by atoms with Gasteiger partial charge in [-0.05, 0) is 48.4 Å². The lowest BCUT2D eigenvalue weighted by Gasteiger charge is -2.16. The molecular weight excluding hydrogens is 282 g/mol. The molecule has 2 N–H and O–H groups in total. The second kappa shape index (κ2) is 6.26. The van der Waals surface area contributed by atoms with Crippen molar-refractivity contribution in [2.45, 2.75) is 18.5 Å². The molecule has 2 aromatic rings. The Morgan fingerprint density at radius 3 is 1.95 bits per heavy atom. The second-order valence-electron chi connectivity index (χ2n) is 4.88. The van der Waals surface area contributed by atoms with Crippen LogP contribution >= 0.6 is 0 Å². The maximum Gasteiger partial charge on any atom is 0.416 e. The smallest absolute Gasteiger partial charge is 0.330 e. The van der Waals surface area contributed by atoms with Gasteiger partial charge in [-0.1, -0.05) is 24.3 Å². The summed E-state index contributed by atoms with van der Waals surface area (Å²) in [5.41, 5.74) is 6.69. The molecule has 2 rings (SSSR count). The van der Waals surface area contributed by atoms with Crippen molar-refractivity contribution < 1.29 is 17.6 Å². The predicted molar refractivity (Wildman–Crippen MR) is 73.3 cm³/mol. The summed E-state index contributed by atoms with van der Waals surface area (Å²) in [4.78, 5) is 0. The van der Waals surface area contributed by atoms with Crippen molar-refractivity contribution >= 4 is 0 Å². The molecule has 5 heteroatoms. The quantitative estimate of drug-likeness (QED) is 0.844. The maximum atomic E-state index is 12.9. The average molecular weight is 297 g/mol. The van der Waals surface area contributed by atoms with Gasteiger partial charge in [-0.2, -0.15) is 13.2 Å². The van der Waals surface area contributed by atoms with Gasteiger partial charge in [0.2, 0.25) is 0 Å². The largest absolute Gasteiger partial charge is 0.416 e. The first-order valence-corrected chi connectivity index (χ1v) is 6.52. The Bertz CT molecular complexity index is 573. The second-order valence-corrected chi connectivity index (χ2v) is 4.88. The van der Waals surface area contributed by atoms with Gasteiger partial charge >= 0.3 is 6.18 Å². The van der Waals surface area contributed by atoms with E-state index in [2.05, 4.69) is 0 Å². The molecule has 2 aromatic carbocycles. The van der Waals surface area contributed by atoms with Gasteiger partial charge in [-0.3, -0.25) is 0 Å². The highest BCUT2D eigenvalue weighted by molar-refractivity contribution is 5.28. The summed E-state index contributed by atoms with van der Waals surface area (Å²) in [7, 11) is 0. The van der Waals surface area contributed by atoms with E-state index in [0.717, 1.165) is 23.3 Å². The van der Waals surface area contributed by atoms with E-state index in [1.165, 1.54) is 24.3 Å². The normalized spacial score (nSPS) is 13.2. The van der Waals surface area contributed by atoms with E-state index >= 15 is 0 Å². The third kappa shape index (κ3) is 4.04. The summed E-state index contributed by atoms with van der Waals surface area (Å²) in [6, 6.07) is 11.0. The van der Waals surface area contributed by atoms with Crippen molar-refractivity contribution in [3.63, 3.8) is 0 Å². The summed E-state index contributed by atoms with van der Waals surface area (Å²) in [5.74, 6) is -0.383. The molecular formula is C16H15F4N. The van der Waals surface area contributed by atoms with Crippen LogP contribution in [0.1, 0.15) is 22.6 Å². The Kier molecular flexibility index (Phi) is 4.63. The van der Waals surface area contributed by atoms with Crippen LogP contribution in [0.2, 0.25) is 0 Å². The monoisotopic (exact) mass is 297 g/mol. The Hall–Kier alpha value is -1.88. The lowest BCUT2D eigenvalue weighted by atomic mass is 9.92. The molecule has 1 unspecified atom stereocenters. The van der Waals surface area contributed by atoms with Crippen molar-refractivity contribution in [3.8, 4) is 0 Å². The summed E-state index contributed by atoms with van der Waals surface area (Å²) in [6.07, 6.45) is -3.82. The van der Waals surface area contributed by atoms with Crippen LogP contribution in [0.4, 0.5) is 17.6 Å². The van der Waals surface area contributed by atoms with E-state index in [9.17, 15) is 17.6 Å². The molecule has 0 bridgehead atoms. The van der Waals surface area contributed by atoms with Gasteiger partial charge in [0.05, 0.1) is 5.56 Å². The van der Waals surface area contributed by atoms with Crippen LogP contribution < -0.4 is 5.73 Å². The highest BCUT2D eigenvalue weighted by Gasteiger charge is 2.30. The number of alkyl halides is 3. The van der Waals surface area contributed by atoms with Crippen LogP contribution in [0.25, 0.3) is 0 Å². The van der Waals surface area contributed by atoms with Gasteiger partial charge in [0.15, 0.2) is 0 Å². The molecule has 21 heavy (non-hydrogen) atoms. The van der Waals surface area contributed by atoms with E-state index < -0.39 is 11.7 Å². The van der Waals surface area contributed by atoms with Gasteiger partial charge in [-0.15, -0.1) is 0 Å². The molecule has 0 aliphatic carbocycles. The van der Waals surface area contributed by atoms with Crippen LogP contribution in [0, 0.1) is 5.82 Å². The molecule has 0 aliphatic heterocycles. The first-order chi connectivity index (χ1) is 9.90. The molecule has 0 aliphatic rings. The molecule has 0 heterocycles. The minimum absolute atomic E-state index is 0.0534. The summed E-state index contributed by atoms with van der Waals surface area (Å²) in [5, 5.41) is 0. The van der Waals surface area contributed by atoms with Crippen LogP contribution in [0.3, 0.4) is 0 Å². The zero-order chi connectivity index (χ0) is 15.5. The zero-order valence-corrected chi connectivity index (χ0v) is 11.2. The molecule has 0 aromatic heterocycles. The fraction of sp³-hybridized carbons (Fsp3) is 0.250. The molecule has 0 radical (unpaired) electrons. The number of rotatable bonds is 4. The van der Waals surface area contributed by atoms with E-state index in [1.807, 2.05) is 0 Å². The molecule has 1 nitrogen and oxygen atoms in total. The average Bonchev–Trinajstić information content (AvgIpc) is 2.45. The molecule has 0 saturated heterocycles. The SMILES string of the molecule is NCC(Cc1ccc(C(F)(F)F)cc1)c1ccc(F)cc1. The lowest BCUT2D eigenvalue weighted by molar-refractivity contribution is -0.137. The fourth-order valence-corrected chi connectivity index (χ4v) is 2.19. The Morgan fingerprint density at radius 1 is 0.905 bits per heavy atom. The van der Waals surface area contributed by atoms with E-state index in [1.54, 1.807) is 12.1 Å². The molecule has 0 amide bonds. The third-order valence-electron chi connectivity index (χ3n) is 3.39. The lowest BCUT2D eigenvalue weighted by Crippen LogP contribution is -2.15. The number of benzene rings is 2. The topological polar surface area (TPSA) is 26.0 Å². The zero-order valence-electron chi connectivity index (χ0n) is 11.2. The highest BCUT2D eigenvalue weighted by atomic mass is 19.4. The summed E-state index contributed by atoms with van der Waals surface area (Å²) >= 11 is 0. The Balaban J connectivity index is 2.13. The van der Waals surface area contributed by atoms with Gasteiger partial charge < -0.3 is 5.73 Å². The highest BCUT2D eigenvalue weighted by Crippen LogP contribution is 2.30. The minimum atomic E-state index is -4.33. The Morgan fingerprint density at radius 2 is 1.48 bits per heavy atom. The molecule has 112 valence electrons. The van der Waals surface area contributed by atoms with Crippen molar-refractivity contribution in [1.82, 2.24) is 0 Å². The van der Waals surface area contributed by atoms with Crippen LogP contribution in [-0.2, 0) is 12.6 Å². The van der Waals surface area contributed by atoms with Gasteiger partial charge in [0.1, 0.15) is 5.82 Å². The van der Waals surface area contributed by atoms with Gasteiger partial charge in [-0.25, -0.2) is 4.39 Å². The van der Waals surface area contributed by atoms with E-state index in [0.29, 0.717) is 13.0 Å². The number of hydrogen-bond donors (Lipinski definition) is 1. The number of halogens is 4. The van der Waals surface area contributed by atoms with Gasteiger partial charge in [0.25, 0.3) is 0 Å². The van der Waals surface area contributed by atoms with Crippen LogP contribution in [0.15, 0.2) is 48.5 Å². The summed E-state index contributed by atoms with van der Waals surface area (Å²) in [6.45, 7) is 0.340. The van der Waals surface area contributed by atoms with Crippen molar-refractivity contribution in [2.75, 3.05) is 6.54 Å². The van der Waals surface area contributed by atoms with Crippen LogP contribution in [-0.4, -0.2) is 6.54 Å². The standard InChI is InChI=1S/C16H15F4N/c17-15-7-3-12(4-8-15)13(10-21)9-11-1-5-14(6-2-11)16(18,19)20/h1-8,13H,9-10,21H2. The third-order valence-corrected chi connectivity index (χ3v) is 3.39. The molecule has 0 saturated carbocycles. The van der Waals surface area contributed by atoms with Crippen molar-refractivity contribution in [2.24, 2.45) is 5.73 Å². The number of nitrogens with two attached hydrogens (primary N) is 1. The van der Waals surface area contributed by atoms with Crippen molar-refractivity contribution in [1.29, 1.82) is 0 Å².